The average molecular weight is 496 g/mol. The summed E-state index contributed by atoms with van der Waals surface area (Å²) < 4.78 is 5.47. The third kappa shape index (κ3) is 6.07. The number of urea groups is 1. The highest BCUT2D eigenvalue weighted by Crippen LogP contribution is 2.24. The molecule has 2 aromatic heterocycles. The van der Waals surface area contributed by atoms with E-state index in [2.05, 4.69) is 39.3 Å². The summed E-state index contributed by atoms with van der Waals surface area (Å²) in [6.45, 7) is 6.97. The SMILES string of the molecule is CC(C)c1nc(-c2ccc(NC(=O)Nc3ccc(-c4ccncc4)cc3)cc2)nc(N2CCOCC2)n1. The van der Waals surface area contributed by atoms with E-state index in [9.17, 15) is 4.79 Å². The quantitative estimate of drug-likeness (QED) is 0.379. The summed E-state index contributed by atoms with van der Waals surface area (Å²) in [4.78, 5) is 32.8. The van der Waals surface area contributed by atoms with E-state index in [1.807, 2.05) is 60.7 Å². The van der Waals surface area contributed by atoms with Crippen LogP contribution in [-0.4, -0.2) is 52.3 Å². The molecule has 9 heteroatoms. The standard InChI is InChI=1S/C28H29N7O2/c1-19(2)25-32-26(34-27(33-25)35-15-17-37-18-16-35)22-5-9-24(10-6-22)31-28(36)30-23-7-3-20(4-8-23)21-11-13-29-14-12-21/h3-14,19H,15-18H2,1-2H3,(H2,30,31,36). The van der Waals surface area contributed by atoms with Gasteiger partial charge < -0.3 is 20.3 Å². The summed E-state index contributed by atoms with van der Waals surface area (Å²) in [5.74, 6) is 2.21. The smallest absolute Gasteiger partial charge is 0.323 e. The molecule has 0 bridgehead atoms. The second-order valence-corrected chi connectivity index (χ2v) is 9.04. The zero-order valence-corrected chi connectivity index (χ0v) is 20.9. The van der Waals surface area contributed by atoms with Gasteiger partial charge in [0.1, 0.15) is 5.82 Å². The molecule has 0 spiro atoms. The first kappa shape index (κ1) is 24.3. The van der Waals surface area contributed by atoms with Crippen molar-refractivity contribution in [2.75, 3.05) is 41.8 Å². The number of nitrogens with one attached hydrogen (secondary N) is 2. The van der Waals surface area contributed by atoms with Gasteiger partial charge in [0, 0.05) is 48.3 Å². The molecule has 1 aliphatic rings. The number of carbonyl (C=O) groups is 1. The van der Waals surface area contributed by atoms with Crippen molar-refractivity contribution < 1.29 is 9.53 Å². The fourth-order valence-electron chi connectivity index (χ4n) is 3.96. The van der Waals surface area contributed by atoms with Gasteiger partial charge in [0.15, 0.2) is 5.82 Å². The molecule has 9 nitrogen and oxygen atoms in total. The molecule has 1 aliphatic heterocycles. The monoisotopic (exact) mass is 495 g/mol. The van der Waals surface area contributed by atoms with Gasteiger partial charge in [-0.1, -0.05) is 26.0 Å². The molecule has 0 atom stereocenters. The summed E-state index contributed by atoms with van der Waals surface area (Å²) >= 11 is 0. The Morgan fingerprint density at radius 1 is 0.784 bits per heavy atom. The number of ether oxygens (including phenoxy) is 1. The van der Waals surface area contributed by atoms with Gasteiger partial charge in [-0.05, 0) is 59.7 Å². The zero-order chi connectivity index (χ0) is 25.6. The Hall–Kier alpha value is -4.37. The van der Waals surface area contributed by atoms with E-state index < -0.39 is 0 Å². The van der Waals surface area contributed by atoms with Crippen LogP contribution < -0.4 is 15.5 Å². The highest BCUT2D eigenvalue weighted by molar-refractivity contribution is 6.00. The van der Waals surface area contributed by atoms with Crippen LogP contribution in [0.15, 0.2) is 73.1 Å². The van der Waals surface area contributed by atoms with Crippen molar-refractivity contribution in [2.24, 2.45) is 0 Å². The van der Waals surface area contributed by atoms with Crippen molar-refractivity contribution >= 4 is 23.4 Å². The summed E-state index contributed by atoms with van der Waals surface area (Å²) in [6, 6.07) is 18.7. The summed E-state index contributed by atoms with van der Waals surface area (Å²) in [5.41, 5.74) is 4.35. The maximum atomic E-state index is 12.6. The Labute approximate surface area is 216 Å². The molecule has 2 amide bonds. The van der Waals surface area contributed by atoms with Crippen molar-refractivity contribution in [3.63, 3.8) is 0 Å². The lowest BCUT2D eigenvalue weighted by atomic mass is 10.1. The van der Waals surface area contributed by atoms with E-state index in [0.29, 0.717) is 36.4 Å². The molecule has 1 saturated heterocycles. The van der Waals surface area contributed by atoms with Crippen molar-refractivity contribution in [3.8, 4) is 22.5 Å². The minimum Gasteiger partial charge on any atom is -0.378 e. The Kier molecular flexibility index (Phi) is 7.32. The van der Waals surface area contributed by atoms with Crippen molar-refractivity contribution in [2.45, 2.75) is 19.8 Å². The third-order valence-corrected chi connectivity index (χ3v) is 6.01. The summed E-state index contributed by atoms with van der Waals surface area (Å²) in [5, 5.41) is 5.74. The lowest BCUT2D eigenvalue weighted by Gasteiger charge is -2.27. The van der Waals surface area contributed by atoms with Crippen LogP contribution in [0.1, 0.15) is 25.6 Å². The van der Waals surface area contributed by atoms with E-state index in [0.717, 1.165) is 35.6 Å². The van der Waals surface area contributed by atoms with Crippen LogP contribution in [0.3, 0.4) is 0 Å². The molecule has 4 aromatic rings. The molecule has 0 aliphatic carbocycles. The van der Waals surface area contributed by atoms with Gasteiger partial charge in [0.2, 0.25) is 5.95 Å². The van der Waals surface area contributed by atoms with E-state index >= 15 is 0 Å². The van der Waals surface area contributed by atoms with E-state index in [4.69, 9.17) is 14.7 Å². The molecule has 3 heterocycles. The first-order valence-corrected chi connectivity index (χ1v) is 12.3. The number of hydrogen-bond donors (Lipinski definition) is 2. The van der Waals surface area contributed by atoms with Crippen molar-refractivity contribution in [1.29, 1.82) is 0 Å². The average Bonchev–Trinajstić information content (AvgIpc) is 2.94. The van der Waals surface area contributed by atoms with Crippen LogP contribution in [0.5, 0.6) is 0 Å². The molecule has 2 N–H and O–H groups in total. The minimum atomic E-state index is -0.318. The van der Waals surface area contributed by atoms with Gasteiger partial charge in [-0.15, -0.1) is 0 Å². The number of carbonyl (C=O) groups excluding carboxylic acids is 1. The lowest BCUT2D eigenvalue weighted by molar-refractivity contribution is 0.122. The highest BCUT2D eigenvalue weighted by Gasteiger charge is 2.18. The number of morpholine rings is 1. The number of aromatic nitrogens is 4. The molecule has 37 heavy (non-hydrogen) atoms. The number of pyridine rings is 1. The highest BCUT2D eigenvalue weighted by atomic mass is 16.5. The maximum Gasteiger partial charge on any atom is 0.323 e. The number of nitrogens with zero attached hydrogens (tertiary/aromatic N) is 5. The molecule has 0 unspecified atom stereocenters. The van der Waals surface area contributed by atoms with Crippen LogP contribution in [0, 0.1) is 0 Å². The molecule has 1 fully saturated rings. The van der Waals surface area contributed by atoms with Gasteiger partial charge in [-0.3, -0.25) is 4.98 Å². The fourth-order valence-corrected chi connectivity index (χ4v) is 3.96. The maximum absolute atomic E-state index is 12.6. The Morgan fingerprint density at radius 3 is 1.95 bits per heavy atom. The summed E-state index contributed by atoms with van der Waals surface area (Å²) in [7, 11) is 0. The van der Waals surface area contributed by atoms with Crippen LogP contribution in [0.4, 0.5) is 22.1 Å². The number of hydrogen-bond acceptors (Lipinski definition) is 7. The first-order chi connectivity index (χ1) is 18.0. The van der Waals surface area contributed by atoms with Gasteiger partial charge in [-0.25, -0.2) is 9.78 Å². The van der Waals surface area contributed by atoms with Crippen molar-refractivity contribution in [1.82, 2.24) is 19.9 Å². The van der Waals surface area contributed by atoms with Gasteiger partial charge in [0.25, 0.3) is 0 Å². The van der Waals surface area contributed by atoms with Crippen LogP contribution in [0.25, 0.3) is 22.5 Å². The zero-order valence-electron chi connectivity index (χ0n) is 20.9. The van der Waals surface area contributed by atoms with Gasteiger partial charge >= 0.3 is 6.03 Å². The molecule has 188 valence electrons. The number of anilines is 3. The number of rotatable bonds is 6. The summed E-state index contributed by atoms with van der Waals surface area (Å²) in [6.07, 6.45) is 3.51. The van der Waals surface area contributed by atoms with Gasteiger partial charge in [0.05, 0.1) is 13.2 Å². The second-order valence-electron chi connectivity index (χ2n) is 9.04. The Morgan fingerprint density at radius 2 is 1.35 bits per heavy atom. The van der Waals surface area contributed by atoms with Crippen LogP contribution in [0.2, 0.25) is 0 Å². The van der Waals surface area contributed by atoms with Crippen LogP contribution in [-0.2, 0) is 4.74 Å². The predicted octanol–water partition coefficient (Wildman–Crippen LogP) is 5.20. The largest absolute Gasteiger partial charge is 0.378 e. The number of amides is 2. The molecule has 0 saturated carbocycles. The minimum absolute atomic E-state index is 0.171. The fraction of sp³-hybridized carbons (Fsp3) is 0.250. The van der Waals surface area contributed by atoms with E-state index in [1.54, 1.807) is 12.4 Å². The van der Waals surface area contributed by atoms with E-state index in [-0.39, 0.29) is 11.9 Å². The Balaban J connectivity index is 1.25. The molecular weight excluding hydrogens is 466 g/mol. The van der Waals surface area contributed by atoms with Crippen LogP contribution >= 0.6 is 0 Å². The molecule has 0 radical (unpaired) electrons. The predicted molar refractivity (Wildman–Crippen MR) is 145 cm³/mol. The lowest BCUT2D eigenvalue weighted by Crippen LogP contribution is -2.37. The normalized spacial score (nSPS) is 13.4. The molecular formula is C28H29N7O2. The van der Waals surface area contributed by atoms with E-state index in [1.165, 1.54) is 0 Å². The second kappa shape index (κ2) is 11.1. The van der Waals surface area contributed by atoms with Crippen molar-refractivity contribution in [3.05, 3.63) is 78.9 Å². The third-order valence-electron chi connectivity index (χ3n) is 6.01. The topological polar surface area (TPSA) is 105 Å². The molecule has 5 rings (SSSR count). The Bertz CT molecular complexity index is 1340. The first-order valence-electron chi connectivity index (χ1n) is 12.3. The number of benzene rings is 2. The van der Waals surface area contributed by atoms with Gasteiger partial charge in [-0.2, -0.15) is 9.97 Å². The molecule has 2 aromatic carbocycles.